The molecule has 10 nitrogen and oxygen atoms in total. The normalized spacial score (nSPS) is 14.2. The average Bonchev–Trinajstić information content (AvgIpc) is 3.48. The van der Waals surface area contributed by atoms with Gasteiger partial charge in [0.15, 0.2) is 5.13 Å². The summed E-state index contributed by atoms with van der Waals surface area (Å²) in [6.07, 6.45) is 0.729. The molecule has 0 radical (unpaired) electrons. The number of nitrogens with zero attached hydrogens (tertiary/aromatic N) is 4. The summed E-state index contributed by atoms with van der Waals surface area (Å²) in [4.78, 5) is 22.9. The van der Waals surface area contributed by atoms with Gasteiger partial charge in [0.2, 0.25) is 10.0 Å². The Balaban J connectivity index is 1.40. The maximum Gasteiger partial charge on any atom is 0.260 e. The van der Waals surface area contributed by atoms with Crippen molar-refractivity contribution in [1.29, 1.82) is 0 Å². The van der Waals surface area contributed by atoms with Crippen LogP contribution in [-0.2, 0) is 21.3 Å². The van der Waals surface area contributed by atoms with E-state index in [2.05, 4.69) is 4.90 Å². The minimum absolute atomic E-state index is 0.121. The van der Waals surface area contributed by atoms with Crippen LogP contribution in [0.15, 0.2) is 71.6 Å². The standard InChI is InChI=1S/C31H36N4O6S2/c1-33(22-23-8-5-4-6-9-23)43(37,38)25-12-10-24(11-13-25)30(36)35(17-7-16-34-18-20-41-21-19-34)31-32-28-26(39-2)14-15-27(40-3)29(28)42-31/h4-6,8-15H,7,16-22H2,1-3H3. The van der Waals surface area contributed by atoms with Crippen molar-refractivity contribution in [2.45, 2.75) is 17.9 Å². The molecule has 3 aromatic carbocycles. The smallest absolute Gasteiger partial charge is 0.260 e. The van der Waals surface area contributed by atoms with Crippen LogP contribution in [-0.4, -0.2) is 89.2 Å². The molecule has 1 fully saturated rings. The summed E-state index contributed by atoms with van der Waals surface area (Å²) in [6, 6.07) is 19.1. The van der Waals surface area contributed by atoms with Crippen LogP contribution in [0.5, 0.6) is 11.5 Å². The van der Waals surface area contributed by atoms with Crippen LogP contribution in [0.1, 0.15) is 22.3 Å². The van der Waals surface area contributed by atoms with Crippen molar-refractivity contribution in [3.05, 3.63) is 77.9 Å². The van der Waals surface area contributed by atoms with Crippen LogP contribution >= 0.6 is 11.3 Å². The Morgan fingerprint density at radius 1 is 0.977 bits per heavy atom. The zero-order chi connectivity index (χ0) is 30.4. The maximum atomic E-state index is 14.0. The zero-order valence-electron chi connectivity index (χ0n) is 24.6. The minimum atomic E-state index is -3.76. The quantitative estimate of drug-likeness (QED) is 0.227. The van der Waals surface area contributed by atoms with Gasteiger partial charge < -0.3 is 14.2 Å². The van der Waals surface area contributed by atoms with Crippen molar-refractivity contribution in [2.75, 3.05) is 65.6 Å². The molecule has 12 heteroatoms. The number of methoxy groups -OCH3 is 2. The van der Waals surface area contributed by atoms with Crippen LogP contribution < -0.4 is 14.4 Å². The highest BCUT2D eigenvalue weighted by molar-refractivity contribution is 7.89. The monoisotopic (exact) mass is 624 g/mol. The van der Waals surface area contributed by atoms with Gasteiger partial charge in [0.25, 0.3) is 5.91 Å². The van der Waals surface area contributed by atoms with E-state index in [1.165, 1.54) is 27.8 Å². The summed E-state index contributed by atoms with van der Waals surface area (Å²) in [6.45, 7) is 4.61. The van der Waals surface area contributed by atoms with E-state index in [-0.39, 0.29) is 17.3 Å². The molecule has 0 aliphatic carbocycles. The number of morpholine rings is 1. The molecule has 0 unspecified atom stereocenters. The summed E-state index contributed by atoms with van der Waals surface area (Å²) in [7, 11) is 0.970. The van der Waals surface area contributed by atoms with Gasteiger partial charge in [-0.2, -0.15) is 4.31 Å². The number of hydrogen-bond acceptors (Lipinski definition) is 9. The highest BCUT2D eigenvalue weighted by Crippen LogP contribution is 2.40. The lowest BCUT2D eigenvalue weighted by Crippen LogP contribution is -2.39. The van der Waals surface area contributed by atoms with Crippen LogP contribution in [0.4, 0.5) is 5.13 Å². The Kier molecular flexibility index (Phi) is 9.93. The SMILES string of the molecule is COc1ccc(OC)c2sc(N(CCCN3CCOCC3)C(=O)c3ccc(S(=O)(=O)N(C)Cc4ccccc4)cc3)nc12. The highest BCUT2D eigenvalue weighted by atomic mass is 32.2. The number of carbonyl (C=O) groups excluding carboxylic acids is 1. The molecule has 1 aliphatic heterocycles. The van der Waals surface area contributed by atoms with E-state index in [1.807, 2.05) is 36.4 Å². The molecule has 1 amide bonds. The number of hydrogen-bond donors (Lipinski definition) is 0. The van der Waals surface area contributed by atoms with Gasteiger partial charge >= 0.3 is 0 Å². The van der Waals surface area contributed by atoms with Gasteiger partial charge in [-0.1, -0.05) is 41.7 Å². The zero-order valence-corrected chi connectivity index (χ0v) is 26.2. The van der Waals surface area contributed by atoms with Crippen LogP contribution in [0, 0.1) is 0 Å². The van der Waals surface area contributed by atoms with Crippen molar-refractivity contribution >= 4 is 42.6 Å². The summed E-state index contributed by atoms with van der Waals surface area (Å²) in [5, 5.41) is 0.518. The first-order valence-corrected chi connectivity index (χ1v) is 16.3. The highest BCUT2D eigenvalue weighted by Gasteiger charge is 2.26. The first kappa shape index (κ1) is 30.9. The van der Waals surface area contributed by atoms with Gasteiger partial charge in [-0.15, -0.1) is 0 Å². The van der Waals surface area contributed by atoms with Crippen molar-refractivity contribution in [3.8, 4) is 11.5 Å². The number of rotatable bonds is 12. The first-order valence-electron chi connectivity index (χ1n) is 14.1. The summed E-state index contributed by atoms with van der Waals surface area (Å²) in [5.74, 6) is 0.975. The van der Waals surface area contributed by atoms with Crippen molar-refractivity contribution in [3.63, 3.8) is 0 Å². The second-order valence-electron chi connectivity index (χ2n) is 10.2. The fourth-order valence-electron chi connectivity index (χ4n) is 4.98. The molecule has 0 spiro atoms. The molecule has 5 rings (SSSR count). The molecule has 0 atom stereocenters. The molecule has 43 heavy (non-hydrogen) atoms. The van der Waals surface area contributed by atoms with E-state index >= 15 is 0 Å². The van der Waals surface area contributed by atoms with E-state index in [9.17, 15) is 13.2 Å². The van der Waals surface area contributed by atoms with Gasteiger partial charge in [0.05, 0.1) is 32.3 Å². The van der Waals surface area contributed by atoms with Gasteiger partial charge in [0.1, 0.15) is 21.7 Å². The van der Waals surface area contributed by atoms with Gasteiger partial charge in [0, 0.05) is 45.3 Å². The summed E-state index contributed by atoms with van der Waals surface area (Å²) < 4.78 is 45.2. The molecule has 0 bridgehead atoms. The molecule has 1 aromatic heterocycles. The molecule has 0 N–H and O–H groups in total. The largest absolute Gasteiger partial charge is 0.495 e. The first-order chi connectivity index (χ1) is 20.8. The number of anilines is 1. The molecular weight excluding hydrogens is 588 g/mol. The lowest BCUT2D eigenvalue weighted by atomic mass is 10.2. The predicted octanol–water partition coefficient (Wildman–Crippen LogP) is 4.50. The molecule has 228 valence electrons. The van der Waals surface area contributed by atoms with Crippen molar-refractivity contribution < 1.29 is 27.4 Å². The lowest BCUT2D eigenvalue weighted by Gasteiger charge is -2.27. The van der Waals surface area contributed by atoms with Gasteiger partial charge in [-0.05, 0) is 48.4 Å². The summed E-state index contributed by atoms with van der Waals surface area (Å²) >= 11 is 1.36. The average molecular weight is 625 g/mol. The number of amides is 1. The molecule has 4 aromatic rings. The number of aromatic nitrogens is 1. The number of thiazole rings is 1. The molecule has 1 aliphatic rings. The number of sulfonamides is 1. The molecule has 2 heterocycles. The lowest BCUT2D eigenvalue weighted by molar-refractivity contribution is 0.0376. The molecular formula is C31H36N4O6S2. The number of fused-ring (bicyclic) bond motifs is 1. The second kappa shape index (κ2) is 13.8. The predicted molar refractivity (Wildman–Crippen MR) is 168 cm³/mol. The Hall–Kier alpha value is -3.55. The van der Waals surface area contributed by atoms with E-state index in [1.54, 1.807) is 44.4 Å². The Bertz CT molecular complexity index is 1600. The number of benzene rings is 3. The van der Waals surface area contributed by atoms with E-state index in [0.717, 1.165) is 36.3 Å². The van der Waals surface area contributed by atoms with Crippen molar-refractivity contribution in [2.24, 2.45) is 0 Å². The van der Waals surface area contributed by atoms with Crippen LogP contribution in [0.3, 0.4) is 0 Å². The number of ether oxygens (including phenoxy) is 3. The van der Waals surface area contributed by atoms with Gasteiger partial charge in [-0.3, -0.25) is 14.6 Å². The fraction of sp³-hybridized carbons (Fsp3) is 0.355. The fourth-order valence-corrected chi connectivity index (χ4v) is 7.24. The topological polar surface area (TPSA) is 102 Å². The van der Waals surface area contributed by atoms with Crippen LogP contribution in [0.2, 0.25) is 0 Å². The third-order valence-corrected chi connectivity index (χ3v) is 10.3. The minimum Gasteiger partial charge on any atom is -0.495 e. The summed E-state index contributed by atoms with van der Waals surface area (Å²) in [5.41, 5.74) is 1.88. The van der Waals surface area contributed by atoms with E-state index in [0.29, 0.717) is 47.5 Å². The van der Waals surface area contributed by atoms with Crippen LogP contribution in [0.25, 0.3) is 10.2 Å². The molecule has 1 saturated heterocycles. The Labute approximate surface area is 256 Å². The third-order valence-electron chi connectivity index (χ3n) is 7.39. The Morgan fingerprint density at radius 3 is 2.33 bits per heavy atom. The second-order valence-corrected chi connectivity index (χ2v) is 13.2. The maximum absolute atomic E-state index is 14.0. The van der Waals surface area contributed by atoms with E-state index in [4.69, 9.17) is 19.2 Å². The molecule has 0 saturated carbocycles. The Morgan fingerprint density at radius 2 is 1.65 bits per heavy atom. The number of carbonyl (C=O) groups is 1. The van der Waals surface area contributed by atoms with Gasteiger partial charge in [-0.25, -0.2) is 13.4 Å². The third kappa shape index (κ3) is 7.00. The van der Waals surface area contributed by atoms with E-state index < -0.39 is 10.0 Å². The van der Waals surface area contributed by atoms with Crippen molar-refractivity contribution in [1.82, 2.24) is 14.2 Å².